The lowest BCUT2D eigenvalue weighted by Crippen LogP contribution is -2.41. The van der Waals surface area contributed by atoms with Crippen LogP contribution in [-0.2, 0) is 9.31 Å². The van der Waals surface area contributed by atoms with Crippen LogP contribution in [0.25, 0.3) is 0 Å². The van der Waals surface area contributed by atoms with Gasteiger partial charge >= 0.3 is 7.12 Å². The van der Waals surface area contributed by atoms with Crippen molar-refractivity contribution in [3.63, 3.8) is 0 Å². The molecule has 0 radical (unpaired) electrons. The summed E-state index contributed by atoms with van der Waals surface area (Å²) in [6, 6.07) is 0. The standard InChI is InChI=1S/C15H26BN3O2/c1-13(2,3)19(8)12-17-9-11(10-18-12)16-20-14(4,5)15(6,7)21-16/h9-10H,1-8H3. The van der Waals surface area contributed by atoms with Crippen molar-refractivity contribution < 1.29 is 9.31 Å². The van der Waals surface area contributed by atoms with E-state index < -0.39 is 7.12 Å². The second kappa shape index (κ2) is 4.95. The Hall–Kier alpha value is -1.14. The number of anilines is 1. The van der Waals surface area contributed by atoms with Gasteiger partial charge in [0.15, 0.2) is 0 Å². The molecule has 0 aromatic carbocycles. The third kappa shape index (κ3) is 3.06. The molecule has 1 aliphatic rings. The highest BCUT2D eigenvalue weighted by Gasteiger charge is 2.51. The number of hydrogen-bond donors (Lipinski definition) is 0. The third-order valence-corrected chi connectivity index (χ3v) is 4.49. The minimum atomic E-state index is -0.413. The summed E-state index contributed by atoms with van der Waals surface area (Å²) >= 11 is 0. The van der Waals surface area contributed by atoms with E-state index in [1.165, 1.54) is 0 Å². The maximum Gasteiger partial charge on any atom is 0.498 e. The highest BCUT2D eigenvalue weighted by Crippen LogP contribution is 2.36. The molecular formula is C15H26BN3O2. The SMILES string of the molecule is CN(c1ncc(B2OC(C)(C)C(C)(C)O2)cn1)C(C)(C)C. The summed E-state index contributed by atoms with van der Waals surface area (Å²) in [5.74, 6) is 0.697. The van der Waals surface area contributed by atoms with Crippen LogP contribution in [0.1, 0.15) is 48.5 Å². The highest BCUT2D eigenvalue weighted by molar-refractivity contribution is 6.61. The van der Waals surface area contributed by atoms with Gasteiger partial charge in [-0.2, -0.15) is 0 Å². The minimum Gasteiger partial charge on any atom is -0.399 e. The Morgan fingerprint density at radius 1 is 1.00 bits per heavy atom. The van der Waals surface area contributed by atoms with E-state index in [9.17, 15) is 0 Å². The number of nitrogens with zero attached hydrogens (tertiary/aromatic N) is 3. The minimum absolute atomic E-state index is 0.0220. The van der Waals surface area contributed by atoms with Gasteiger partial charge in [-0.05, 0) is 48.5 Å². The lowest BCUT2D eigenvalue weighted by Gasteiger charge is -2.32. The lowest BCUT2D eigenvalue weighted by atomic mass is 9.81. The monoisotopic (exact) mass is 291 g/mol. The fourth-order valence-electron chi connectivity index (χ4n) is 1.91. The molecule has 0 amide bonds. The van der Waals surface area contributed by atoms with Gasteiger partial charge in [0.2, 0.25) is 5.95 Å². The molecule has 0 unspecified atom stereocenters. The Labute approximate surface area is 128 Å². The zero-order valence-electron chi connectivity index (χ0n) is 14.4. The third-order valence-electron chi connectivity index (χ3n) is 4.49. The lowest BCUT2D eigenvalue weighted by molar-refractivity contribution is 0.00578. The van der Waals surface area contributed by atoms with Crippen molar-refractivity contribution >= 4 is 18.5 Å². The first-order valence-corrected chi connectivity index (χ1v) is 7.35. The molecule has 2 heterocycles. The number of hydrogen-bond acceptors (Lipinski definition) is 5. The van der Waals surface area contributed by atoms with Crippen LogP contribution in [0.5, 0.6) is 0 Å². The first-order chi connectivity index (χ1) is 9.44. The van der Waals surface area contributed by atoms with Crippen molar-refractivity contribution in [1.82, 2.24) is 9.97 Å². The van der Waals surface area contributed by atoms with Gasteiger partial charge in [-0.15, -0.1) is 0 Å². The molecule has 6 heteroatoms. The molecule has 1 aliphatic heterocycles. The van der Waals surface area contributed by atoms with Gasteiger partial charge < -0.3 is 14.2 Å². The predicted molar refractivity (Wildman–Crippen MR) is 85.9 cm³/mol. The molecule has 0 bridgehead atoms. The Bertz CT molecular complexity index is 493. The van der Waals surface area contributed by atoms with E-state index in [2.05, 4.69) is 30.7 Å². The normalized spacial score (nSPS) is 20.7. The van der Waals surface area contributed by atoms with Crippen molar-refractivity contribution in [3.8, 4) is 0 Å². The summed E-state index contributed by atoms with van der Waals surface area (Å²) in [6.45, 7) is 14.5. The van der Waals surface area contributed by atoms with Crippen LogP contribution in [0.4, 0.5) is 5.95 Å². The molecule has 0 spiro atoms. The molecule has 0 N–H and O–H groups in total. The molecule has 1 saturated heterocycles. The van der Waals surface area contributed by atoms with Gasteiger partial charge in [0.05, 0.1) is 11.2 Å². The molecule has 1 aromatic heterocycles. The van der Waals surface area contributed by atoms with Gasteiger partial charge in [-0.1, -0.05) is 0 Å². The molecule has 2 rings (SSSR count). The zero-order valence-corrected chi connectivity index (χ0v) is 14.4. The Balaban J connectivity index is 2.18. The Morgan fingerprint density at radius 2 is 1.43 bits per heavy atom. The predicted octanol–water partition coefficient (Wildman–Crippen LogP) is 2.01. The van der Waals surface area contributed by atoms with Crippen LogP contribution in [0.3, 0.4) is 0 Å². The van der Waals surface area contributed by atoms with Crippen molar-refractivity contribution in [1.29, 1.82) is 0 Å². The van der Waals surface area contributed by atoms with E-state index in [1.54, 1.807) is 12.4 Å². The Kier molecular flexibility index (Phi) is 3.83. The first-order valence-electron chi connectivity index (χ1n) is 7.35. The average Bonchev–Trinajstić information content (AvgIpc) is 2.57. The largest absolute Gasteiger partial charge is 0.498 e. The average molecular weight is 291 g/mol. The highest BCUT2D eigenvalue weighted by atomic mass is 16.7. The van der Waals surface area contributed by atoms with Crippen molar-refractivity contribution in [3.05, 3.63) is 12.4 Å². The molecule has 0 aliphatic carbocycles. The van der Waals surface area contributed by atoms with Gasteiger partial charge in [-0.25, -0.2) is 9.97 Å². The number of rotatable bonds is 2. The zero-order chi connectivity index (χ0) is 16.1. The molecular weight excluding hydrogens is 265 g/mol. The summed E-state index contributed by atoms with van der Waals surface area (Å²) in [4.78, 5) is 10.9. The van der Waals surface area contributed by atoms with Crippen LogP contribution in [0, 0.1) is 0 Å². The smallest absolute Gasteiger partial charge is 0.399 e. The van der Waals surface area contributed by atoms with Crippen LogP contribution >= 0.6 is 0 Å². The fraction of sp³-hybridized carbons (Fsp3) is 0.733. The van der Waals surface area contributed by atoms with Crippen molar-refractivity contribution in [2.45, 2.75) is 65.2 Å². The van der Waals surface area contributed by atoms with Crippen LogP contribution in [-0.4, -0.2) is 40.9 Å². The second-order valence-corrected chi connectivity index (χ2v) is 7.63. The Morgan fingerprint density at radius 3 is 1.81 bits per heavy atom. The molecule has 1 fully saturated rings. The van der Waals surface area contributed by atoms with Gasteiger partial charge in [0, 0.05) is 30.4 Å². The summed E-state index contributed by atoms with van der Waals surface area (Å²) in [6.07, 6.45) is 3.57. The molecule has 116 valence electrons. The van der Waals surface area contributed by atoms with Gasteiger partial charge in [0.25, 0.3) is 0 Å². The summed E-state index contributed by atoms with van der Waals surface area (Å²) < 4.78 is 12.0. The second-order valence-electron chi connectivity index (χ2n) is 7.63. The summed E-state index contributed by atoms with van der Waals surface area (Å²) in [5.41, 5.74) is 0.128. The van der Waals surface area contributed by atoms with Crippen LogP contribution < -0.4 is 10.4 Å². The van der Waals surface area contributed by atoms with Gasteiger partial charge in [0.1, 0.15) is 0 Å². The van der Waals surface area contributed by atoms with E-state index in [0.29, 0.717) is 5.95 Å². The quantitative estimate of drug-likeness (QED) is 0.780. The molecule has 5 nitrogen and oxygen atoms in total. The first kappa shape index (κ1) is 16.2. The summed E-state index contributed by atoms with van der Waals surface area (Å²) in [7, 11) is 1.58. The van der Waals surface area contributed by atoms with Gasteiger partial charge in [-0.3, -0.25) is 0 Å². The van der Waals surface area contributed by atoms with E-state index in [-0.39, 0.29) is 16.7 Å². The van der Waals surface area contributed by atoms with Crippen molar-refractivity contribution in [2.24, 2.45) is 0 Å². The molecule has 1 aromatic rings. The van der Waals surface area contributed by atoms with E-state index in [0.717, 1.165) is 5.46 Å². The van der Waals surface area contributed by atoms with E-state index in [4.69, 9.17) is 9.31 Å². The molecule has 21 heavy (non-hydrogen) atoms. The van der Waals surface area contributed by atoms with Crippen LogP contribution in [0.2, 0.25) is 0 Å². The van der Waals surface area contributed by atoms with E-state index >= 15 is 0 Å². The maximum atomic E-state index is 6.00. The molecule has 0 atom stereocenters. The number of aromatic nitrogens is 2. The molecule has 0 saturated carbocycles. The van der Waals surface area contributed by atoms with E-state index in [1.807, 2.05) is 39.6 Å². The van der Waals surface area contributed by atoms with Crippen LogP contribution in [0.15, 0.2) is 12.4 Å². The maximum absolute atomic E-state index is 6.00. The van der Waals surface area contributed by atoms with Crippen molar-refractivity contribution in [2.75, 3.05) is 11.9 Å². The topological polar surface area (TPSA) is 47.5 Å². The fourth-order valence-corrected chi connectivity index (χ4v) is 1.91. The summed E-state index contributed by atoms with van der Waals surface area (Å²) in [5, 5.41) is 0.